The Morgan fingerprint density at radius 2 is 1.45 bits per heavy atom. The maximum Gasteiger partial charge on any atom is 0.408 e. The molecule has 0 bridgehead atoms. The van der Waals surface area contributed by atoms with Gasteiger partial charge in [0.05, 0.1) is 6.10 Å². The molecule has 1 amide bonds. The number of hydrogen-bond donors (Lipinski definition) is 2. The number of amides is 1. The molecule has 0 radical (unpaired) electrons. The maximum atomic E-state index is 13.1. The standard InChI is InChI=1S/C36H61NO7/c1-21(19-29(39)43-33(3,4)5)26-13-14-27-25-12-11-23-20-24(15-17-35(23,9)28(25)16-18-36(26,27)10)42-31(40)30(22(2)38)37-32(41)44-34(6,7)8/h21-28,30,38H,11-20H2,1-10H3,(H,37,41)/t21-,22?,23?,24?,25?,26?,27?,28?,30?,35+,36?/m1/s1. The number of fused-ring (bicyclic) bond motifs is 5. The Morgan fingerprint density at radius 1 is 0.841 bits per heavy atom. The minimum absolute atomic E-state index is 0.0726. The van der Waals surface area contributed by atoms with E-state index in [9.17, 15) is 19.5 Å². The highest BCUT2D eigenvalue weighted by Crippen LogP contribution is 2.68. The molecular weight excluding hydrogens is 558 g/mol. The maximum absolute atomic E-state index is 13.1. The first-order chi connectivity index (χ1) is 20.2. The largest absolute Gasteiger partial charge is 0.461 e. The smallest absolute Gasteiger partial charge is 0.408 e. The number of rotatable bonds is 7. The van der Waals surface area contributed by atoms with Crippen LogP contribution in [0.2, 0.25) is 0 Å². The molecule has 0 spiro atoms. The van der Waals surface area contributed by atoms with Gasteiger partial charge in [0.15, 0.2) is 6.04 Å². The van der Waals surface area contributed by atoms with E-state index in [4.69, 9.17) is 14.2 Å². The molecule has 11 atom stereocenters. The van der Waals surface area contributed by atoms with Crippen molar-refractivity contribution >= 4 is 18.0 Å². The predicted molar refractivity (Wildman–Crippen MR) is 170 cm³/mol. The van der Waals surface area contributed by atoms with Gasteiger partial charge in [-0.05, 0) is 153 Å². The molecule has 4 rings (SSSR count). The Bertz CT molecular complexity index is 1060. The van der Waals surface area contributed by atoms with E-state index in [1.54, 1.807) is 20.8 Å². The minimum atomic E-state index is -1.17. The first-order valence-corrected chi connectivity index (χ1v) is 17.3. The van der Waals surface area contributed by atoms with Crippen LogP contribution in [0, 0.1) is 46.3 Å². The molecule has 8 nitrogen and oxygen atoms in total. The van der Waals surface area contributed by atoms with Crippen molar-refractivity contribution in [2.45, 2.75) is 163 Å². The number of aliphatic hydroxyl groups excluding tert-OH is 1. The van der Waals surface area contributed by atoms with Gasteiger partial charge < -0.3 is 24.6 Å². The molecule has 9 unspecified atom stereocenters. The van der Waals surface area contributed by atoms with Crippen LogP contribution in [0.4, 0.5) is 4.79 Å². The summed E-state index contributed by atoms with van der Waals surface area (Å²) in [5.41, 5.74) is -0.655. The summed E-state index contributed by atoms with van der Waals surface area (Å²) in [6, 6.07) is -1.17. The molecule has 44 heavy (non-hydrogen) atoms. The molecule has 0 aromatic heterocycles. The molecule has 2 N–H and O–H groups in total. The average molecular weight is 620 g/mol. The van der Waals surface area contributed by atoms with Gasteiger partial charge in [-0.25, -0.2) is 9.59 Å². The van der Waals surface area contributed by atoms with Gasteiger partial charge in [0.2, 0.25) is 0 Å². The molecule has 0 aromatic rings. The highest BCUT2D eigenvalue weighted by Gasteiger charge is 2.61. The SMILES string of the molecule is CC(O)C(NC(=O)OC(C)(C)C)C(=O)OC1CC[C@@]2(C)C(CCC3C4CCC([C@H](C)CC(=O)OC(C)(C)C)C4(C)CCC32)C1. The van der Waals surface area contributed by atoms with Crippen molar-refractivity contribution in [2.24, 2.45) is 46.3 Å². The van der Waals surface area contributed by atoms with Crippen LogP contribution in [0.1, 0.15) is 133 Å². The molecule has 0 heterocycles. The predicted octanol–water partition coefficient (Wildman–Crippen LogP) is 7.20. The zero-order valence-corrected chi connectivity index (χ0v) is 29.2. The second-order valence-corrected chi connectivity index (χ2v) is 17.4. The number of ether oxygens (including phenoxy) is 3. The van der Waals surface area contributed by atoms with E-state index >= 15 is 0 Å². The highest BCUT2D eigenvalue weighted by molar-refractivity contribution is 5.82. The van der Waals surface area contributed by atoms with Crippen molar-refractivity contribution < 1.29 is 33.7 Å². The van der Waals surface area contributed by atoms with Crippen molar-refractivity contribution in [3.05, 3.63) is 0 Å². The Hall–Kier alpha value is -1.83. The second kappa shape index (κ2) is 12.8. The number of carbonyl (C=O) groups is 3. The molecule has 4 aliphatic carbocycles. The van der Waals surface area contributed by atoms with Crippen LogP contribution in [-0.2, 0) is 23.8 Å². The van der Waals surface area contributed by atoms with Gasteiger partial charge in [0.25, 0.3) is 0 Å². The Labute approximate surface area is 266 Å². The van der Waals surface area contributed by atoms with Crippen molar-refractivity contribution in [3.63, 3.8) is 0 Å². The number of hydrogen-bond acceptors (Lipinski definition) is 7. The van der Waals surface area contributed by atoms with E-state index in [0.717, 1.165) is 25.7 Å². The normalized spacial score (nSPS) is 37.3. The van der Waals surface area contributed by atoms with Gasteiger partial charge in [0.1, 0.15) is 17.3 Å². The van der Waals surface area contributed by atoms with E-state index in [1.807, 2.05) is 20.8 Å². The highest BCUT2D eigenvalue weighted by atomic mass is 16.6. The number of aliphatic hydroxyl groups is 1. The first-order valence-electron chi connectivity index (χ1n) is 17.3. The van der Waals surface area contributed by atoms with E-state index in [-0.39, 0.29) is 22.9 Å². The Morgan fingerprint density at radius 3 is 2.07 bits per heavy atom. The zero-order valence-electron chi connectivity index (χ0n) is 29.2. The fraction of sp³-hybridized carbons (Fsp3) is 0.917. The summed E-state index contributed by atoms with van der Waals surface area (Å²) in [6.45, 7) is 19.8. The number of esters is 2. The monoisotopic (exact) mass is 619 g/mol. The first kappa shape index (κ1) is 35.0. The Balaban J connectivity index is 1.37. The van der Waals surface area contributed by atoms with Gasteiger partial charge in [-0.3, -0.25) is 4.79 Å². The topological polar surface area (TPSA) is 111 Å². The van der Waals surface area contributed by atoms with Crippen molar-refractivity contribution in [2.75, 3.05) is 0 Å². The van der Waals surface area contributed by atoms with E-state index in [2.05, 4.69) is 26.1 Å². The van der Waals surface area contributed by atoms with Gasteiger partial charge >= 0.3 is 18.0 Å². The molecule has 0 aliphatic heterocycles. The number of nitrogens with one attached hydrogen (secondary N) is 1. The van der Waals surface area contributed by atoms with Gasteiger partial charge in [-0.2, -0.15) is 0 Å². The third-order valence-electron chi connectivity index (χ3n) is 12.0. The van der Waals surface area contributed by atoms with Gasteiger partial charge in [-0.15, -0.1) is 0 Å². The second-order valence-electron chi connectivity index (χ2n) is 17.4. The van der Waals surface area contributed by atoms with Crippen LogP contribution in [0.15, 0.2) is 0 Å². The van der Waals surface area contributed by atoms with E-state index < -0.39 is 35.4 Å². The third kappa shape index (κ3) is 7.58. The molecular formula is C36H61NO7. The third-order valence-corrected chi connectivity index (χ3v) is 12.0. The summed E-state index contributed by atoms with van der Waals surface area (Å²) in [5, 5.41) is 12.8. The van der Waals surface area contributed by atoms with Crippen molar-refractivity contribution in [1.82, 2.24) is 5.32 Å². The van der Waals surface area contributed by atoms with Crippen LogP contribution in [-0.4, -0.2) is 52.6 Å². The number of carbonyl (C=O) groups excluding carboxylic acids is 3. The lowest BCUT2D eigenvalue weighted by atomic mass is 9.44. The molecule has 0 aromatic carbocycles. The summed E-state index contributed by atoms with van der Waals surface area (Å²) < 4.78 is 16.9. The molecule has 0 saturated heterocycles. The van der Waals surface area contributed by atoms with E-state index in [0.29, 0.717) is 41.9 Å². The van der Waals surface area contributed by atoms with Crippen LogP contribution < -0.4 is 5.32 Å². The molecule has 4 fully saturated rings. The van der Waals surface area contributed by atoms with Crippen molar-refractivity contribution in [1.29, 1.82) is 0 Å². The average Bonchev–Trinajstić information content (AvgIpc) is 3.22. The fourth-order valence-corrected chi connectivity index (χ4v) is 10.1. The lowest BCUT2D eigenvalue weighted by Crippen LogP contribution is -2.55. The summed E-state index contributed by atoms with van der Waals surface area (Å²) in [4.78, 5) is 38.1. The quantitative estimate of drug-likeness (QED) is 0.229. The molecule has 252 valence electrons. The van der Waals surface area contributed by atoms with Crippen LogP contribution in [0.5, 0.6) is 0 Å². The lowest BCUT2D eigenvalue weighted by molar-refractivity contribution is -0.167. The van der Waals surface area contributed by atoms with Gasteiger partial charge in [0, 0.05) is 6.42 Å². The summed E-state index contributed by atoms with van der Waals surface area (Å²) >= 11 is 0. The fourth-order valence-electron chi connectivity index (χ4n) is 10.1. The molecule has 4 saturated carbocycles. The van der Waals surface area contributed by atoms with E-state index in [1.165, 1.54) is 39.0 Å². The van der Waals surface area contributed by atoms with Gasteiger partial charge in [-0.1, -0.05) is 20.8 Å². The number of alkyl carbamates (subject to hydrolysis) is 1. The van der Waals surface area contributed by atoms with Crippen LogP contribution in [0.25, 0.3) is 0 Å². The Kier molecular flexibility index (Phi) is 10.2. The lowest BCUT2D eigenvalue weighted by Gasteiger charge is -2.61. The van der Waals surface area contributed by atoms with Crippen LogP contribution >= 0.6 is 0 Å². The summed E-state index contributed by atoms with van der Waals surface area (Å²) in [5.74, 6) is 2.79. The minimum Gasteiger partial charge on any atom is -0.461 e. The summed E-state index contributed by atoms with van der Waals surface area (Å²) in [7, 11) is 0. The zero-order chi connectivity index (χ0) is 32.8. The van der Waals surface area contributed by atoms with Crippen molar-refractivity contribution in [3.8, 4) is 0 Å². The summed E-state index contributed by atoms with van der Waals surface area (Å²) in [6.07, 6.45) is 8.38. The molecule has 8 heteroatoms. The van der Waals surface area contributed by atoms with Crippen LogP contribution in [0.3, 0.4) is 0 Å². The molecule has 4 aliphatic rings.